The zero-order valence-corrected chi connectivity index (χ0v) is 16.6. The van der Waals surface area contributed by atoms with Gasteiger partial charge in [0, 0.05) is 23.1 Å². The first-order valence-corrected chi connectivity index (χ1v) is 9.94. The molecule has 0 heterocycles. The van der Waals surface area contributed by atoms with Gasteiger partial charge in [-0.1, -0.05) is 36.9 Å². The minimum absolute atomic E-state index is 0.0764. The van der Waals surface area contributed by atoms with Crippen LogP contribution < -0.4 is 4.74 Å². The second kappa shape index (κ2) is 8.91. The topological polar surface area (TPSA) is 52.4 Å². The van der Waals surface area contributed by atoms with Gasteiger partial charge < -0.3 is 4.74 Å². The molecule has 1 aliphatic rings. The summed E-state index contributed by atoms with van der Waals surface area (Å²) < 4.78 is 34.2. The van der Waals surface area contributed by atoms with E-state index in [1.165, 1.54) is 12.5 Å². The molecule has 1 saturated carbocycles. The quantitative estimate of drug-likeness (QED) is 0.261. The van der Waals surface area contributed by atoms with E-state index in [4.69, 9.17) is 16.3 Å². The summed E-state index contributed by atoms with van der Waals surface area (Å²) in [5, 5.41) is 12.1. The van der Waals surface area contributed by atoms with E-state index in [0.717, 1.165) is 49.5 Å². The van der Waals surface area contributed by atoms with Gasteiger partial charge in [0.25, 0.3) is 5.92 Å². The van der Waals surface area contributed by atoms with Gasteiger partial charge in [-0.05, 0) is 54.7 Å². The van der Waals surface area contributed by atoms with Crippen molar-refractivity contribution in [2.45, 2.75) is 50.4 Å². The van der Waals surface area contributed by atoms with Gasteiger partial charge in [-0.2, -0.15) is 0 Å². The number of ether oxygens (including phenoxy) is 1. The van der Waals surface area contributed by atoms with Crippen molar-refractivity contribution in [1.29, 1.82) is 0 Å². The Morgan fingerprint density at radius 1 is 1.17 bits per heavy atom. The van der Waals surface area contributed by atoms with Crippen LogP contribution >= 0.6 is 11.6 Å². The summed E-state index contributed by atoms with van der Waals surface area (Å²) in [6, 6.07) is 8.41. The Hall–Kier alpha value is -2.47. The highest BCUT2D eigenvalue weighted by Gasteiger charge is 2.33. The maximum Gasteiger partial charge on any atom is 0.312 e. The predicted octanol–water partition coefficient (Wildman–Crippen LogP) is 7.76. The number of benzene rings is 2. The van der Waals surface area contributed by atoms with Crippen molar-refractivity contribution < 1.29 is 18.4 Å². The van der Waals surface area contributed by atoms with Gasteiger partial charge in [-0.3, -0.25) is 10.1 Å². The summed E-state index contributed by atoms with van der Waals surface area (Å²) in [6.07, 6.45) is 5.84. The Morgan fingerprint density at radius 2 is 1.86 bits per heavy atom. The van der Waals surface area contributed by atoms with Gasteiger partial charge in [-0.25, -0.2) is 8.78 Å². The highest BCUT2D eigenvalue weighted by molar-refractivity contribution is 6.30. The molecule has 0 unspecified atom stereocenters. The first-order valence-electron chi connectivity index (χ1n) is 9.57. The first-order chi connectivity index (χ1) is 13.8. The molecule has 0 radical (unpaired) electrons. The summed E-state index contributed by atoms with van der Waals surface area (Å²) in [5.74, 6) is -2.59. The molecule has 0 aromatic heterocycles. The lowest BCUT2D eigenvalue weighted by Crippen LogP contribution is -2.12. The fourth-order valence-corrected chi connectivity index (χ4v) is 3.92. The number of halogens is 3. The Kier molecular flexibility index (Phi) is 6.52. The molecule has 0 atom stereocenters. The molecule has 0 amide bonds. The number of nitro benzene ring substituents is 1. The van der Waals surface area contributed by atoms with E-state index in [1.807, 2.05) is 6.07 Å². The lowest BCUT2D eigenvalue weighted by molar-refractivity contribution is -0.385. The van der Waals surface area contributed by atoms with Crippen molar-refractivity contribution in [3.63, 3.8) is 0 Å². The lowest BCUT2D eigenvalue weighted by Gasteiger charge is -2.24. The minimum Gasteiger partial charge on any atom is -0.450 e. The van der Waals surface area contributed by atoms with Crippen molar-refractivity contribution in [3.05, 3.63) is 75.3 Å². The Labute approximate surface area is 173 Å². The van der Waals surface area contributed by atoms with Crippen molar-refractivity contribution in [1.82, 2.24) is 0 Å². The molecular weight excluding hydrogens is 400 g/mol. The monoisotopic (exact) mass is 421 g/mol. The van der Waals surface area contributed by atoms with Gasteiger partial charge >= 0.3 is 5.69 Å². The number of allylic oxidation sites excluding steroid dienone is 1. The van der Waals surface area contributed by atoms with Crippen LogP contribution in [0.5, 0.6) is 11.5 Å². The van der Waals surface area contributed by atoms with E-state index < -0.39 is 28.5 Å². The normalized spacial score (nSPS) is 15.1. The molecule has 1 aliphatic carbocycles. The van der Waals surface area contributed by atoms with Crippen molar-refractivity contribution >= 4 is 17.3 Å². The van der Waals surface area contributed by atoms with Crippen molar-refractivity contribution in [2.24, 2.45) is 0 Å². The van der Waals surface area contributed by atoms with Crippen LogP contribution in [0, 0.1) is 10.1 Å². The highest BCUT2D eigenvalue weighted by atomic mass is 35.5. The molecule has 0 spiro atoms. The second-order valence-electron chi connectivity index (χ2n) is 7.26. The third-order valence-corrected chi connectivity index (χ3v) is 5.45. The number of nitro groups is 1. The zero-order valence-electron chi connectivity index (χ0n) is 15.9. The van der Waals surface area contributed by atoms with Gasteiger partial charge in [0.2, 0.25) is 5.75 Å². The smallest absolute Gasteiger partial charge is 0.312 e. The van der Waals surface area contributed by atoms with E-state index in [1.54, 1.807) is 12.1 Å². The molecule has 0 aliphatic heterocycles. The molecule has 2 aromatic rings. The van der Waals surface area contributed by atoms with Crippen LogP contribution in [-0.4, -0.2) is 4.92 Å². The number of rotatable bonds is 7. The summed E-state index contributed by atoms with van der Waals surface area (Å²) in [7, 11) is 0. The summed E-state index contributed by atoms with van der Waals surface area (Å²) in [4.78, 5) is 10.8. The Balaban J connectivity index is 1.98. The fraction of sp³-hybridized carbons (Fsp3) is 0.364. The average Bonchev–Trinajstić information content (AvgIpc) is 2.70. The molecule has 29 heavy (non-hydrogen) atoms. The standard InChI is InChI=1S/C22H22ClF2NO3/c1-2-12-22(24,25)16-8-10-21(19(13-16)26(27)28)29-20-11-9-17(23)14-18(20)15-6-4-3-5-7-15/h2,8-11,13-15H,1,3-7,12H2. The average molecular weight is 422 g/mol. The van der Waals surface area contributed by atoms with E-state index in [-0.39, 0.29) is 11.7 Å². The summed E-state index contributed by atoms with van der Waals surface area (Å²) >= 11 is 6.17. The maximum atomic E-state index is 14.2. The van der Waals surface area contributed by atoms with Crippen LogP contribution in [0.2, 0.25) is 5.02 Å². The largest absolute Gasteiger partial charge is 0.450 e. The number of alkyl halides is 2. The lowest BCUT2D eigenvalue weighted by atomic mass is 9.84. The van der Waals surface area contributed by atoms with Gasteiger partial charge in [-0.15, -0.1) is 6.58 Å². The van der Waals surface area contributed by atoms with E-state index in [9.17, 15) is 18.9 Å². The molecule has 0 saturated heterocycles. The first kappa shape index (κ1) is 21.2. The van der Waals surface area contributed by atoms with E-state index in [2.05, 4.69) is 6.58 Å². The van der Waals surface area contributed by atoms with Crippen molar-refractivity contribution in [3.8, 4) is 11.5 Å². The number of nitrogens with zero attached hydrogens (tertiary/aromatic N) is 1. The molecule has 3 rings (SSSR count). The van der Waals surface area contributed by atoms with Crippen LogP contribution in [0.4, 0.5) is 14.5 Å². The van der Waals surface area contributed by atoms with Crippen LogP contribution in [0.25, 0.3) is 0 Å². The van der Waals surface area contributed by atoms with E-state index in [0.29, 0.717) is 10.8 Å². The zero-order chi connectivity index (χ0) is 21.0. The Morgan fingerprint density at radius 3 is 2.52 bits per heavy atom. The van der Waals surface area contributed by atoms with Crippen LogP contribution in [0.15, 0.2) is 49.1 Å². The molecular formula is C22H22ClF2NO3. The SMILES string of the molecule is C=CCC(F)(F)c1ccc(Oc2ccc(Cl)cc2C2CCCCC2)c([N+](=O)[O-])c1. The maximum absolute atomic E-state index is 14.2. The summed E-state index contributed by atoms with van der Waals surface area (Å²) in [5.41, 5.74) is -0.0524. The molecule has 0 N–H and O–H groups in total. The minimum atomic E-state index is -3.24. The third kappa shape index (κ3) is 4.93. The van der Waals surface area contributed by atoms with Crippen LogP contribution in [-0.2, 0) is 5.92 Å². The third-order valence-electron chi connectivity index (χ3n) is 5.22. The predicted molar refractivity (Wildman–Crippen MR) is 109 cm³/mol. The van der Waals surface area contributed by atoms with Crippen LogP contribution in [0.3, 0.4) is 0 Å². The second-order valence-corrected chi connectivity index (χ2v) is 7.69. The molecule has 1 fully saturated rings. The van der Waals surface area contributed by atoms with Gasteiger partial charge in [0.15, 0.2) is 0 Å². The number of hydrogen-bond donors (Lipinski definition) is 0. The van der Waals surface area contributed by atoms with Crippen molar-refractivity contribution in [2.75, 3.05) is 0 Å². The van der Waals surface area contributed by atoms with E-state index >= 15 is 0 Å². The fourth-order valence-electron chi connectivity index (χ4n) is 3.74. The molecule has 7 heteroatoms. The molecule has 2 aromatic carbocycles. The highest BCUT2D eigenvalue weighted by Crippen LogP contribution is 2.43. The molecule has 4 nitrogen and oxygen atoms in total. The van der Waals surface area contributed by atoms with Gasteiger partial charge in [0.05, 0.1) is 4.92 Å². The summed E-state index contributed by atoms with van der Waals surface area (Å²) in [6.45, 7) is 3.31. The van der Waals surface area contributed by atoms with Gasteiger partial charge in [0.1, 0.15) is 5.75 Å². The number of hydrogen-bond acceptors (Lipinski definition) is 3. The molecule has 154 valence electrons. The van der Waals surface area contributed by atoms with Crippen LogP contribution in [0.1, 0.15) is 55.6 Å². The Bertz CT molecular complexity index is 911. The molecule has 0 bridgehead atoms.